The summed E-state index contributed by atoms with van der Waals surface area (Å²) < 4.78 is 1.69. The van der Waals surface area contributed by atoms with Crippen LogP contribution in [0.2, 0.25) is 0 Å². The molecule has 0 spiro atoms. The normalized spacial score (nSPS) is 10.3. The van der Waals surface area contributed by atoms with Gasteiger partial charge >= 0.3 is 0 Å². The van der Waals surface area contributed by atoms with Gasteiger partial charge in [0.1, 0.15) is 4.60 Å². The molecule has 6 heteroatoms. The van der Waals surface area contributed by atoms with Gasteiger partial charge in [-0.1, -0.05) is 181 Å². The fourth-order valence-electron chi connectivity index (χ4n) is 5.16. The average molecular weight is 791 g/mol. The van der Waals surface area contributed by atoms with Crippen molar-refractivity contribution in [1.29, 1.82) is 0 Å². The van der Waals surface area contributed by atoms with Gasteiger partial charge in [-0.3, -0.25) is 0 Å². The van der Waals surface area contributed by atoms with Crippen LogP contribution in [0.3, 0.4) is 0 Å². The van der Waals surface area contributed by atoms with E-state index in [0.29, 0.717) is 0 Å². The van der Waals surface area contributed by atoms with Gasteiger partial charge in [0.15, 0.2) is 11.6 Å². The molecule has 0 unspecified atom stereocenters. The standard InChI is InChI=1S/2C16H11BrN2.C13H12/c17-14-11-18-16(13-9-5-2-6-10-13)19-15(14)12-7-3-1-4-8-12;17-15-11-14(12-7-3-1-4-8-12)18-16(19-15)13-9-5-2-6-10-13;1-11-7-9-13(10-8-11)12-5-3-2-4-6-12/h2*1-11H;2-10H,1H3. The topological polar surface area (TPSA) is 51.6 Å². The van der Waals surface area contributed by atoms with Crippen molar-refractivity contribution < 1.29 is 0 Å². The summed E-state index contributed by atoms with van der Waals surface area (Å²) in [6, 6.07) is 61.1. The lowest BCUT2D eigenvalue weighted by Crippen LogP contribution is -1.93. The van der Waals surface area contributed by atoms with E-state index in [4.69, 9.17) is 0 Å². The van der Waals surface area contributed by atoms with Gasteiger partial charge in [0.05, 0.1) is 15.9 Å². The van der Waals surface area contributed by atoms with Gasteiger partial charge in [0, 0.05) is 28.5 Å². The Morgan fingerprint density at radius 3 is 1.35 bits per heavy atom. The smallest absolute Gasteiger partial charge is 0.161 e. The molecule has 8 rings (SSSR count). The van der Waals surface area contributed by atoms with Crippen LogP contribution in [0.1, 0.15) is 5.56 Å². The predicted octanol–water partition coefficient (Wildman–Crippen LogP) is 12.8. The summed E-state index contributed by atoms with van der Waals surface area (Å²) in [6.07, 6.45) is 1.80. The molecule has 0 atom stereocenters. The number of aromatic nitrogens is 4. The summed E-state index contributed by atoms with van der Waals surface area (Å²) in [5.41, 5.74) is 9.90. The second-order valence-corrected chi connectivity index (χ2v) is 13.2. The number of halogens is 2. The zero-order chi connectivity index (χ0) is 35.3. The summed E-state index contributed by atoms with van der Waals surface area (Å²) in [5.74, 6) is 1.47. The van der Waals surface area contributed by atoms with Crippen LogP contribution in [0.25, 0.3) is 56.4 Å². The molecule has 0 radical (unpaired) electrons. The lowest BCUT2D eigenvalue weighted by atomic mass is 10.0. The van der Waals surface area contributed by atoms with Crippen LogP contribution >= 0.6 is 31.9 Å². The minimum atomic E-state index is 0.730. The highest BCUT2D eigenvalue weighted by Crippen LogP contribution is 2.28. The molecule has 6 aromatic carbocycles. The molecule has 0 saturated carbocycles. The number of rotatable bonds is 5. The highest BCUT2D eigenvalue weighted by atomic mass is 79.9. The van der Waals surface area contributed by atoms with E-state index in [-0.39, 0.29) is 0 Å². The third-order valence-electron chi connectivity index (χ3n) is 7.78. The summed E-state index contributed by atoms with van der Waals surface area (Å²) in [6.45, 7) is 2.11. The maximum absolute atomic E-state index is 4.65. The van der Waals surface area contributed by atoms with E-state index in [9.17, 15) is 0 Å². The number of aryl methyl sites for hydroxylation is 1. The van der Waals surface area contributed by atoms with E-state index in [1.165, 1.54) is 16.7 Å². The molecule has 4 nitrogen and oxygen atoms in total. The quantitative estimate of drug-likeness (QED) is 0.163. The van der Waals surface area contributed by atoms with Crippen molar-refractivity contribution in [2.75, 3.05) is 0 Å². The van der Waals surface area contributed by atoms with Crippen LogP contribution < -0.4 is 0 Å². The first-order valence-electron chi connectivity index (χ1n) is 16.4. The van der Waals surface area contributed by atoms with Gasteiger partial charge in [0.25, 0.3) is 0 Å². The lowest BCUT2D eigenvalue weighted by Gasteiger charge is -2.06. The minimum Gasteiger partial charge on any atom is -0.235 e. The SMILES string of the molecule is Brc1cc(-c2ccccc2)nc(-c2ccccc2)n1.Brc1cnc(-c2ccccc2)nc1-c1ccccc1.Cc1ccc(-c2ccccc2)cc1. The molecule has 0 N–H and O–H groups in total. The zero-order valence-corrected chi connectivity index (χ0v) is 31.1. The molecule has 8 aromatic rings. The first kappa shape index (κ1) is 35.3. The molecule has 51 heavy (non-hydrogen) atoms. The summed E-state index contributed by atoms with van der Waals surface area (Å²) in [5, 5.41) is 0. The molecular weight excluding hydrogens is 756 g/mol. The third kappa shape index (κ3) is 10.0. The number of hydrogen-bond acceptors (Lipinski definition) is 4. The molecule has 0 fully saturated rings. The molecule has 2 heterocycles. The fraction of sp³-hybridized carbons (Fsp3) is 0.0222. The second-order valence-electron chi connectivity index (χ2n) is 11.5. The number of benzene rings is 6. The van der Waals surface area contributed by atoms with Gasteiger partial charge in [-0.2, -0.15) is 0 Å². The summed E-state index contributed by atoms with van der Waals surface area (Å²) in [7, 11) is 0. The Balaban J connectivity index is 0.000000134. The van der Waals surface area contributed by atoms with E-state index < -0.39 is 0 Å². The van der Waals surface area contributed by atoms with E-state index in [2.05, 4.69) is 107 Å². The van der Waals surface area contributed by atoms with Crippen LogP contribution in [0.5, 0.6) is 0 Å². The maximum Gasteiger partial charge on any atom is 0.161 e. The zero-order valence-electron chi connectivity index (χ0n) is 27.9. The van der Waals surface area contributed by atoms with Crippen LogP contribution in [0, 0.1) is 6.92 Å². The van der Waals surface area contributed by atoms with Crippen molar-refractivity contribution in [2.24, 2.45) is 0 Å². The molecule has 0 bridgehead atoms. The summed E-state index contributed by atoms with van der Waals surface area (Å²) in [4.78, 5) is 18.1. The van der Waals surface area contributed by atoms with Crippen molar-refractivity contribution in [1.82, 2.24) is 19.9 Å². The van der Waals surface area contributed by atoms with Gasteiger partial charge < -0.3 is 0 Å². The molecule has 0 saturated heterocycles. The van der Waals surface area contributed by atoms with Crippen LogP contribution in [0.4, 0.5) is 0 Å². The van der Waals surface area contributed by atoms with Crippen molar-refractivity contribution in [3.05, 3.63) is 203 Å². The van der Waals surface area contributed by atoms with Crippen molar-refractivity contribution in [3.63, 3.8) is 0 Å². The molecule has 0 aliphatic rings. The van der Waals surface area contributed by atoms with E-state index in [1.54, 1.807) is 6.20 Å². The average Bonchev–Trinajstić information content (AvgIpc) is 3.20. The molecular formula is C45H34Br2N4. The van der Waals surface area contributed by atoms with Gasteiger partial charge in [-0.15, -0.1) is 0 Å². The minimum absolute atomic E-state index is 0.730. The van der Waals surface area contributed by atoms with Gasteiger partial charge in [0.2, 0.25) is 0 Å². The molecule has 0 aliphatic carbocycles. The van der Waals surface area contributed by atoms with Crippen molar-refractivity contribution in [2.45, 2.75) is 6.92 Å². The van der Waals surface area contributed by atoms with Gasteiger partial charge in [-0.25, -0.2) is 19.9 Å². The van der Waals surface area contributed by atoms with E-state index in [0.717, 1.165) is 54.4 Å². The summed E-state index contributed by atoms with van der Waals surface area (Å²) >= 11 is 6.97. The maximum atomic E-state index is 4.65. The third-order valence-corrected chi connectivity index (χ3v) is 8.76. The Kier molecular flexibility index (Phi) is 12.4. The van der Waals surface area contributed by atoms with Crippen molar-refractivity contribution in [3.8, 4) is 56.4 Å². The van der Waals surface area contributed by atoms with Gasteiger partial charge in [-0.05, 0) is 56.0 Å². The monoisotopic (exact) mass is 788 g/mol. The van der Waals surface area contributed by atoms with Crippen LogP contribution in [0.15, 0.2) is 197 Å². The number of hydrogen-bond donors (Lipinski definition) is 0. The Morgan fingerprint density at radius 1 is 0.392 bits per heavy atom. The van der Waals surface area contributed by atoms with E-state index >= 15 is 0 Å². The Labute approximate surface area is 316 Å². The van der Waals surface area contributed by atoms with Crippen LogP contribution in [-0.2, 0) is 0 Å². The fourth-order valence-corrected chi connectivity index (χ4v) is 5.96. The predicted molar refractivity (Wildman–Crippen MR) is 218 cm³/mol. The first-order chi connectivity index (χ1) is 25.0. The second kappa shape index (κ2) is 17.9. The molecule has 0 amide bonds. The molecule has 0 aliphatic heterocycles. The Morgan fingerprint density at radius 2 is 0.824 bits per heavy atom. The lowest BCUT2D eigenvalue weighted by molar-refractivity contribution is 1.15. The van der Waals surface area contributed by atoms with Crippen LogP contribution in [-0.4, -0.2) is 19.9 Å². The largest absolute Gasteiger partial charge is 0.235 e. The van der Waals surface area contributed by atoms with Crippen molar-refractivity contribution >= 4 is 31.9 Å². The Bertz CT molecular complexity index is 2190. The molecule has 248 valence electrons. The van der Waals surface area contributed by atoms with E-state index in [1.807, 2.05) is 133 Å². The highest BCUT2D eigenvalue weighted by Gasteiger charge is 2.09. The first-order valence-corrected chi connectivity index (χ1v) is 18.0. The number of nitrogens with zero attached hydrogens (tertiary/aromatic N) is 4. The Hall–Kier alpha value is -5.56. The highest BCUT2D eigenvalue weighted by molar-refractivity contribution is 9.10. The molecule has 2 aromatic heterocycles.